The van der Waals surface area contributed by atoms with Crippen LogP contribution in [-0.4, -0.2) is 43.0 Å². The molecule has 35 heavy (non-hydrogen) atoms. The molecule has 11 heteroatoms. The largest absolute Gasteiger partial charge is 0.491 e. The minimum atomic E-state index is -3.70. The van der Waals surface area contributed by atoms with Crippen LogP contribution in [0.2, 0.25) is 0 Å². The molecule has 2 atom stereocenters. The van der Waals surface area contributed by atoms with E-state index in [9.17, 15) is 14.2 Å². The second-order valence-electron chi connectivity index (χ2n) is 7.64. The molecule has 3 rings (SSSR count). The molecule has 2 amide bonds. The van der Waals surface area contributed by atoms with Gasteiger partial charge in [0, 0.05) is 0 Å². The number of phosphoric ester groups is 1. The number of benzene rings is 2. The van der Waals surface area contributed by atoms with Crippen LogP contribution in [-0.2, 0) is 34.1 Å². The maximum absolute atomic E-state index is 12.5. The second kappa shape index (κ2) is 13.2. The number of carbonyl (C=O) groups is 2. The SMILES string of the molecule is CCOP(=O)(OCC)OCOC(COc1ccc(CC2SC(=O)NC2=O)cc1)c1ccc(C)cc1. The normalized spacial score (nSPS) is 16.8. The van der Waals surface area contributed by atoms with Crippen LogP contribution in [0.1, 0.15) is 36.6 Å². The van der Waals surface area contributed by atoms with E-state index in [1.54, 1.807) is 26.0 Å². The van der Waals surface area contributed by atoms with Crippen LogP contribution in [0.4, 0.5) is 4.79 Å². The van der Waals surface area contributed by atoms with Gasteiger partial charge in [0.15, 0.2) is 6.79 Å². The maximum Gasteiger partial charge on any atom is 0.476 e. The Morgan fingerprint density at radius 2 is 1.63 bits per heavy atom. The zero-order valence-electron chi connectivity index (χ0n) is 19.9. The molecular weight excluding hydrogens is 493 g/mol. The predicted molar refractivity (Wildman–Crippen MR) is 132 cm³/mol. The van der Waals surface area contributed by atoms with Gasteiger partial charge in [0.05, 0.1) is 18.5 Å². The van der Waals surface area contributed by atoms with E-state index in [0.29, 0.717) is 12.2 Å². The number of amides is 2. The van der Waals surface area contributed by atoms with Gasteiger partial charge in [0.2, 0.25) is 5.91 Å². The van der Waals surface area contributed by atoms with Crippen LogP contribution in [0.15, 0.2) is 48.5 Å². The van der Waals surface area contributed by atoms with E-state index >= 15 is 0 Å². The van der Waals surface area contributed by atoms with Gasteiger partial charge in [0.25, 0.3) is 5.24 Å². The van der Waals surface area contributed by atoms with Crippen molar-refractivity contribution < 1.29 is 37.2 Å². The Balaban J connectivity index is 1.60. The number of ether oxygens (including phenoxy) is 2. The summed E-state index contributed by atoms with van der Waals surface area (Å²) in [6.45, 7) is 5.61. The molecule has 1 heterocycles. The smallest absolute Gasteiger partial charge is 0.476 e. The van der Waals surface area contributed by atoms with Gasteiger partial charge in [0.1, 0.15) is 18.5 Å². The molecule has 0 saturated carbocycles. The number of thioether (sulfide) groups is 1. The third kappa shape index (κ3) is 8.45. The minimum Gasteiger partial charge on any atom is -0.491 e. The van der Waals surface area contributed by atoms with Crippen molar-refractivity contribution in [2.45, 2.75) is 38.5 Å². The van der Waals surface area contributed by atoms with Gasteiger partial charge < -0.3 is 9.47 Å². The van der Waals surface area contributed by atoms with Gasteiger partial charge in [-0.3, -0.25) is 28.5 Å². The first-order valence-electron chi connectivity index (χ1n) is 11.3. The van der Waals surface area contributed by atoms with E-state index < -0.39 is 19.2 Å². The highest BCUT2D eigenvalue weighted by molar-refractivity contribution is 8.15. The van der Waals surface area contributed by atoms with Crippen molar-refractivity contribution >= 4 is 30.7 Å². The number of nitrogens with one attached hydrogen (secondary N) is 1. The molecule has 1 aliphatic rings. The lowest BCUT2D eigenvalue weighted by Crippen LogP contribution is -2.25. The quantitative estimate of drug-likeness (QED) is 0.265. The Morgan fingerprint density at radius 1 is 0.971 bits per heavy atom. The Kier molecular flexibility index (Phi) is 10.3. The number of rotatable bonds is 14. The number of aryl methyl sites for hydroxylation is 1. The van der Waals surface area contributed by atoms with Crippen LogP contribution in [0.5, 0.6) is 5.75 Å². The zero-order valence-corrected chi connectivity index (χ0v) is 21.6. The summed E-state index contributed by atoms with van der Waals surface area (Å²) >= 11 is 1.00. The highest BCUT2D eigenvalue weighted by Crippen LogP contribution is 2.49. The maximum atomic E-state index is 12.5. The van der Waals surface area contributed by atoms with Crippen molar-refractivity contribution in [3.63, 3.8) is 0 Å². The third-order valence-corrected chi connectivity index (χ3v) is 7.57. The Labute approximate surface area is 209 Å². The molecule has 0 radical (unpaired) electrons. The summed E-state index contributed by atoms with van der Waals surface area (Å²) in [6, 6.07) is 15.1. The summed E-state index contributed by atoms with van der Waals surface area (Å²) in [5, 5.41) is 1.56. The van der Waals surface area contributed by atoms with E-state index in [0.717, 1.165) is 28.5 Å². The first kappa shape index (κ1) is 27.4. The Hall–Kier alpha value is -2.20. The molecule has 1 fully saturated rings. The summed E-state index contributed by atoms with van der Waals surface area (Å²) in [5.41, 5.74) is 2.89. The van der Waals surface area contributed by atoms with Gasteiger partial charge in [-0.05, 0) is 50.5 Å². The molecule has 2 aromatic carbocycles. The summed E-state index contributed by atoms with van der Waals surface area (Å²) in [6.07, 6.45) is -0.0501. The van der Waals surface area contributed by atoms with Crippen molar-refractivity contribution in [3.05, 3.63) is 65.2 Å². The number of hydrogen-bond acceptors (Lipinski definition) is 9. The van der Waals surface area contributed by atoms with Crippen molar-refractivity contribution in [3.8, 4) is 5.75 Å². The van der Waals surface area contributed by atoms with E-state index in [1.165, 1.54) is 0 Å². The average molecular weight is 524 g/mol. The Bertz CT molecular complexity index is 1020. The lowest BCUT2D eigenvalue weighted by atomic mass is 10.1. The van der Waals surface area contributed by atoms with E-state index in [2.05, 4.69) is 5.32 Å². The van der Waals surface area contributed by atoms with E-state index in [-0.39, 0.29) is 37.8 Å². The third-order valence-electron chi connectivity index (χ3n) is 5.02. The lowest BCUT2D eigenvalue weighted by Gasteiger charge is -2.21. The van der Waals surface area contributed by atoms with Crippen molar-refractivity contribution in [1.82, 2.24) is 5.32 Å². The second-order valence-corrected chi connectivity index (χ2v) is 10.5. The summed E-state index contributed by atoms with van der Waals surface area (Å²) in [7, 11) is -3.70. The van der Waals surface area contributed by atoms with Crippen molar-refractivity contribution in [1.29, 1.82) is 0 Å². The highest BCUT2D eigenvalue weighted by Gasteiger charge is 2.31. The van der Waals surface area contributed by atoms with Crippen LogP contribution in [0, 0.1) is 6.92 Å². The highest BCUT2D eigenvalue weighted by atomic mass is 32.2. The number of phosphoric acid groups is 1. The molecule has 1 N–H and O–H groups in total. The fourth-order valence-electron chi connectivity index (χ4n) is 3.26. The van der Waals surface area contributed by atoms with Crippen LogP contribution < -0.4 is 10.1 Å². The van der Waals surface area contributed by atoms with Gasteiger partial charge in [-0.1, -0.05) is 53.7 Å². The first-order chi connectivity index (χ1) is 16.8. The lowest BCUT2D eigenvalue weighted by molar-refractivity contribution is -0.118. The molecular formula is C24H30NO8PS. The number of hydrogen-bond donors (Lipinski definition) is 1. The van der Waals surface area contributed by atoms with E-state index in [4.69, 9.17) is 23.0 Å². The molecule has 2 aromatic rings. The molecule has 190 valence electrons. The molecule has 1 saturated heterocycles. The molecule has 0 aliphatic carbocycles. The molecule has 0 spiro atoms. The topological polar surface area (TPSA) is 109 Å². The van der Waals surface area contributed by atoms with Crippen LogP contribution >= 0.6 is 19.6 Å². The number of imide groups is 1. The summed E-state index contributed by atoms with van der Waals surface area (Å²) in [5.74, 6) is 0.350. The van der Waals surface area contributed by atoms with Crippen molar-refractivity contribution in [2.75, 3.05) is 26.6 Å². The van der Waals surface area contributed by atoms with E-state index in [1.807, 2.05) is 43.3 Å². The van der Waals surface area contributed by atoms with Gasteiger partial charge in [-0.25, -0.2) is 4.57 Å². The first-order valence-corrected chi connectivity index (χ1v) is 13.6. The monoisotopic (exact) mass is 523 g/mol. The summed E-state index contributed by atoms with van der Waals surface area (Å²) in [4.78, 5) is 23.1. The van der Waals surface area contributed by atoms with Gasteiger partial charge in [-0.15, -0.1) is 0 Å². The number of carbonyl (C=O) groups excluding carboxylic acids is 2. The molecule has 0 aromatic heterocycles. The fourth-order valence-corrected chi connectivity index (χ4v) is 5.17. The fraction of sp³-hybridized carbons (Fsp3) is 0.417. The van der Waals surface area contributed by atoms with Gasteiger partial charge >= 0.3 is 7.82 Å². The molecule has 1 aliphatic heterocycles. The van der Waals surface area contributed by atoms with Crippen molar-refractivity contribution in [2.24, 2.45) is 0 Å². The predicted octanol–water partition coefficient (Wildman–Crippen LogP) is 5.18. The summed E-state index contributed by atoms with van der Waals surface area (Å²) < 4.78 is 39.9. The van der Waals surface area contributed by atoms with Crippen LogP contribution in [0.25, 0.3) is 0 Å². The average Bonchev–Trinajstić information content (AvgIpc) is 3.14. The van der Waals surface area contributed by atoms with Crippen LogP contribution in [0.3, 0.4) is 0 Å². The zero-order chi connectivity index (χ0) is 25.3. The van der Waals surface area contributed by atoms with Gasteiger partial charge in [-0.2, -0.15) is 0 Å². The standard InChI is InChI=1S/C24H30NO8PS/c1-4-31-34(28,32-5-2)33-16-30-21(19-10-6-17(3)7-11-19)15-29-20-12-8-18(9-13-20)14-22-23(26)25-24(27)35-22/h6-13,21-22H,4-5,14-16H2,1-3H3,(H,25,26,27). The molecule has 2 unspecified atom stereocenters. The molecule has 0 bridgehead atoms. The minimum absolute atomic E-state index is 0.175. The Morgan fingerprint density at radius 3 is 2.20 bits per heavy atom. The molecule has 9 nitrogen and oxygen atoms in total.